The van der Waals surface area contributed by atoms with Gasteiger partial charge in [0, 0.05) is 25.4 Å². The third-order valence-corrected chi connectivity index (χ3v) is 8.17. The Hall–Kier alpha value is -3.44. The molecule has 4 N–H and O–H groups in total. The standard InChI is InChI=1S/C27H35N3O7S/c1-17(2)24(29-38(36,37)22-10-4-18(3)5-11-22)26(33)30-14-12-20(13-15-30)25(32)28-23(27(34)35)16-19-6-8-21(31)9-7-19/h4-11,17,20,23-24,29,31H,12-16H2,1-3H3,(H,28,32)(H,34,35)/t23-,24-/m0/s1. The summed E-state index contributed by atoms with van der Waals surface area (Å²) < 4.78 is 28.3. The van der Waals surface area contributed by atoms with E-state index in [4.69, 9.17) is 0 Å². The number of rotatable bonds is 10. The number of carbonyl (C=O) groups excluding carboxylic acids is 2. The van der Waals surface area contributed by atoms with E-state index in [-0.39, 0.29) is 42.0 Å². The van der Waals surface area contributed by atoms with Crippen molar-refractivity contribution in [3.8, 4) is 5.75 Å². The minimum Gasteiger partial charge on any atom is -0.508 e. The maximum Gasteiger partial charge on any atom is 0.326 e. The first kappa shape index (κ1) is 29.1. The Labute approximate surface area is 223 Å². The van der Waals surface area contributed by atoms with Crippen LogP contribution in [-0.4, -0.2) is 66.5 Å². The minimum atomic E-state index is -3.91. The Morgan fingerprint density at radius 2 is 1.58 bits per heavy atom. The van der Waals surface area contributed by atoms with Crippen molar-refractivity contribution >= 4 is 27.8 Å². The fourth-order valence-electron chi connectivity index (χ4n) is 4.34. The van der Waals surface area contributed by atoms with Gasteiger partial charge in [0.15, 0.2) is 0 Å². The van der Waals surface area contributed by atoms with Crippen molar-refractivity contribution in [3.05, 3.63) is 59.7 Å². The second-order valence-corrected chi connectivity index (χ2v) is 11.7. The summed E-state index contributed by atoms with van der Waals surface area (Å²) >= 11 is 0. The molecule has 2 atom stereocenters. The van der Waals surface area contributed by atoms with Crippen LogP contribution in [0.4, 0.5) is 0 Å². The van der Waals surface area contributed by atoms with Crippen molar-refractivity contribution in [1.82, 2.24) is 14.9 Å². The van der Waals surface area contributed by atoms with Gasteiger partial charge < -0.3 is 20.4 Å². The third-order valence-electron chi connectivity index (χ3n) is 6.71. The Balaban J connectivity index is 1.59. The third kappa shape index (κ3) is 7.55. The molecule has 0 aliphatic carbocycles. The first-order valence-corrected chi connectivity index (χ1v) is 14.0. The van der Waals surface area contributed by atoms with Crippen LogP contribution in [0.15, 0.2) is 53.4 Å². The number of piperidine rings is 1. The SMILES string of the molecule is Cc1ccc(S(=O)(=O)N[C@H](C(=O)N2CCC(C(=O)N[C@@H](Cc3ccc(O)cc3)C(=O)O)CC2)C(C)C)cc1. The van der Waals surface area contributed by atoms with Gasteiger partial charge in [0.1, 0.15) is 17.8 Å². The van der Waals surface area contributed by atoms with E-state index >= 15 is 0 Å². The number of carboxylic acids is 1. The average Bonchev–Trinajstić information content (AvgIpc) is 2.88. The number of carbonyl (C=O) groups is 3. The van der Waals surface area contributed by atoms with Crippen LogP contribution in [-0.2, 0) is 30.8 Å². The highest BCUT2D eigenvalue weighted by molar-refractivity contribution is 7.89. The van der Waals surface area contributed by atoms with Gasteiger partial charge in [-0.15, -0.1) is 0 Å². The van der Waals surface area contributed by atoms with E-state index < -0.39 is 39.9 Å². The zero-order valence-electron chi connectivity index (χ0n) is 21.8. The monoisotopic (exact) mass is 545 g/mol. The van der Waals surface area contributed by atoms with Gasteiger partial charge in [-0.1, -0.05) is 43.7 Å². The molecule has 0 bridgehead atoms. The number of aromatic hydroxyl groups is 1. The Morgan fingerprint density at radius 1 is 1.00 bits per heavy atom. The molecule has 3 rings (SSSR count). The molecule has 2 aromatic rings. The lowest BCUT2D eigenvalue weighted by molar-refractivity contribution is -0.143. The van der Waals surface area contributed by atoms with E-state index in [1.165, 1.54) is 24.3 Å². The van der Waals surface area contributed by atoms with Gasteiger partial charge in [-0.3, -0.25) is 9.59 Å². The molecule has 1 fully saturated rings. The summed E-state index contributed by atoms with van der Waals surface area (Å²) in [6.07, 6.45) is 0.729. The molecule has 10 nitrogen and oxygen atoms in total. The molecule has 1 aliphatic rings. The normalized spacial score (nSPS) is 16.2. The van der Waals surface area contributed by atoms with Crippen LogP contribution >= 0.6 is 0 Å². The number of phenolic OH excluding ortho intramolecular Hbond substituents is 1. The number of carboxylic acid groups (broad SMARTS) is 1. The number of likely N-dealkylation sites (tertiary alicyclic amines) is 1. The molecule has 0 aromatic heterocycles. The summed E-state index contributed by atoms with van der Waals surface area (Å²) in [5.41, 5.74) is 1.58. The van der Waals surface area contributed by atoms with Crippen LogP contribution in [0.25, 0.3) is 0 Å². The quantitative estimate of drug-likeness (QED) is 0.356. The fraction of sp³-hybridized carbons (Fsp3) is 0.444. The first-order valence-electron chi connectivity index (χ1n) is 12.6. The lowest BCUT2D eigenvalue weighted by Gasteiger charge is -2.35. The van der Waals surface area contributed by atoms with E-state index in [1.807, 2.05) is 6.92 Å². The van der Waals surface area contributed by atoms with Gasteiger partial charge >= 0.3 is 5.97 Å². The summed E-state index contributed by atoms with van der Waals surface area (Å²) in [4.78, 5) is 39.5. The van der Waals surface area contributed by atoms with Gasteiger partial charge in [-0.05, 0) is 55.5 Å². The average molecular weight is 546 g/mol. The van der Waals surface area contributed by atoms with Gasteiger partial charge in [-0.25, -0.2) is 13.2 Å². The number of aryl methyl sites for hydroxylation is 1. The van der Waals surface area contributed by atoms with Gasteiger partial charge in [0.05, 0.1) is 4.90 Å². The molecule has 0 radical (unpaired) electrons. The molecule has 2 amide bonds. The summed E-state index contributed by atoms with van der Waals surface area (Å²) in [7, 11) is -3.91. The van der Waals surface area contributed by atoms with Crippen LogP contribution in [0.1, 0.15) is 37.8 Å². The van der Waals surface area contributed by atoms with Crippen molar-refractivity contribution in [2.75, 3.05) is 13.1 Å². The molecular formula is C27H35N3O7S. The molecule has 1 heterocycles. The number of phenols is 1. The molecule has 206 valence electrons. The van der Waals surface area contributed by atoms with Crippen LogP contribution in [0.2, 0.25) is 0 Å². The van der Waals surface area contributed by atoms with Crippen molar-refractivity contribution in [2.24, 2.45) is 11.8 Å². The molecule has 11 heteroatoms. The van der Waals surface area contributed by atoms with Gasteiger partial charge in [0.25, 0.3) is 0 Å². The maximum atomic E-state index is 13.3. The predicted molar refractivity (Wildman–Crippen MR) is 141 cm³/mol. The van der Waals surface area contributed by atoms with E-state index in [0.717, 1.165) is 5.56 Å². The van der Waals surface area contributed by atoms with E-state index in [2.05, 4.69) is 10.0 Å². The first-order chi connectivity index (χ1) is 17.9. The number of nitrogens with zero attached hydrogens (tertiary/aromatic N) is 1. The van der Waals surface area contributed by atoms with Crippen LogP contribution in [0, 0.1) is 18.8 Å². The molecular weight excluding hydrogens is 510 g/mol. The molecule has 1 saturated heterocycles. The molecule has 38 heavy (non-hydrogen) atoms. The minimum absolute atomic E-state index is 0.0635. The highest BCUT2D eigenvalue weighted by Gasteiger charge is 2.35. The molecule has 0 spiro atoms. The summed E-state index contributed by atoms with van der Waals surface area (Å²) in [5.74, 6) is -2.63. The van der Waals surface area contributed by atoms with E-state index in [1.54, 1.807) is 43.0 Å². The number of hydrogen-bond donors (Lipinski definition) is 4. The van der Waals surface area contributed by atoms with Gasteiger partial charge in [-0.2, -0.15) is 4.72 Å². The summed E-state index contributed by atoms with van der Waals surface area (Å²) in [5, 5.41) is 21.6. The van der Waals surface area contributed by atoms with E-state index in [0.29, 0.717) is 18.4 Å². The molecule has 0 unspecified atom stereocenters. The number of nitrogens with one attached hydrogen (secondary N) is 2. The Morgan fingerprint density at radius 3 is 2.11 bits per heavy atom. The number of aliphatic carboxylic acids is 1. The highest BCUT2D eigenvalue weighted by Crippen LogP contribution is 2.21. The van der Waals surface area contributed by atoms with Crippen molar-refractivity contribution < 1.29 is 33.0 Å². The number of sulfonamides is 1. The number of benzene rings is 2. The highest BCUT2D eigenvalue weighted by atomic mass is 32.2. The Bertz CT molecular complexity index is 1240. The lowest BCUT2D eigenvalue weighted by atomic mass is 9.93. The molecule has 1 aliphatic heterocycles. The van der Waals surface area contributed by atoms with Crippen LogP contribution in [0.3, 0.4) is 0 Å². The second-order valence-electron chi connectivity index (χ2n) is 10.0. The zero-order chi connectivity index (χ0) is 28.0. The summed E-state index contributed by atoms with van der Waals surface area (Å²) in [6.45, 7) is 5.89. The van der Waals surface area contributed by atoms with E-state index in [9.17, 15) is 33.0 Å². The number of hydrogen-bond acceptors (Lipinski definition) is 6. The Kier molecular flexibility index (Phi) is 9.50. The number of amides is 2. The van der Waals surface area contributed by atoms with Crippen molar-refractivity contribution in [2.45, 2.75) is 57.0 Å². The fourth-order valence-corrected chi connectivity index (χ4v) is 5.68. The largest absolute Gasteiger partial charge is 0.508 e. The lowest BCUT2D eigenvalue weighted by Crippen LogP contribution is -2.54. The van der Waals surface area contributed by atoms with Crippen molar-refractivity contribution in [1.29, 1.82) is 0 Å². The van der Waals surface area contributed by atoms with Crippen LogP contribution in [0.5, 0.6) is 5.75 Å². The smallest absolute Gasteiger partial charge is 0.326 e. The topological polar surface area (TPSA) is 153 Å². The van der Waals surface area contributed by atoms with Gasteiger partial charge in [0.2, 0.25) is 21.8 Å². The molecule has 0 saturated carbocycles. The second kappa shape index (κ2) is 12.4. The summed E-state index contributed by atoms with van der Waals surface area (Å²) in [6, 6.07) is 10.4. The van der Waals surface area contributed by atoms with Crippen molar-refractivity contribution in [3.63, 3.8) is 0 Å². The molecule has 2 aromatic carbocycles. The predicted octanol–water partition coefficient (Wildman–Crippen LogP) is 2.05. The zero-order valence-corrected chi connectivity index (χ0v) is 22.6. The van der Waals surface area contributed by atoms with Crippen LogP contribution < -0.4 is 10.0 Å². The maximum absolute atomic E-state index is 13.3.